The molecule has 0 radical (unpaired) electrons. The number of rotatable bonds is 3. The molecule has 2 rings (SSSR count). The topological polar surface area (TPSA) is 66.3 Å². The molecule has 0 amide bonds. The predicted molar refractivity (Wildman–Crippen MR) is 62.7 cm³/mol. The molecule has 0 bridgehead atoms. The first-order chi connectivity index (χ1) is 8.16. The van der Waals surface area contributed by atoms with E-state index in [9.17, 15) is 4.79 Å². The van der Waals surface area contributed by atoms with Gasteiger partial charge in [-0.25, -0.2) is 9.97 Å². The molecule has 0 aliphatic carbocycles. The Morgan fingerprint density at radius 1 is 1.59 bits per heavy atom. The first kappa shape index (κ1) is 12.3. The SMILES string of the molecule is O=C(O)C1CCCCN1Cc1ccnc(Cl)n1. The molecule has 1 atom stereocenters. The van der Waals surface area contributed by atoms with Crippen LogP contribution in [0.2, 0.25) is 5.28 Å². The molecular formula is C11H14ClN3O2. The molecule has 1 aliphatic heterocycles. The average Bonchev–Trinajstić information content (AvgIpc) is 2.29. The number of carboxylic acid groups (broad SMARTS) is 1. The van der Waals surface area contributed by atoms with Crippen LogP contribution < -0.4 is 0 Å². The zero-order chi connectivity index (χ0) is 12.3. The summed E-state index contributed by atoms with van der Waals surface area (Å²) in [6.07, 6.45) is 4.29. The van der Waals surface area contributed by atoms with E-state index in [4.69, 9.17) is 16.7 Å². The van der Waals surface area contributed by atoms with E-state index < -0.39 is 12.0 Å². The summed E-state index contributed by atoms with van der Waals surface area (Å²) in [5.74, 6) is -0.759. The maximum atomic E-state index is 11.1. The maximum Gasteiger partial charge on any atom is 0.320 e. The second-order valence-electron chi connectivity index (χ2n) is 4.14. The Balaban J connectivity index is 2.08. The van der Waals surface area contributed by atoms with Crippen LogP contribution in [0.5, 0.6) is 0 Å². The summed E-state index contributed by atoms with van der Waals surface area (Å²) in [7, 11) is 0. The fourth-order valence-corrected chi connectivity index (χ4v) is 2.29. The third kappa shape index (κ3) is 3.14. The molecule has 1 fully saturated rings. The van der Waals surface area contributed by atoms with Gasteiger partial charge < -0.3 is 5.11 Å². The van der Waals surface area contributed by atoms with Gasteiger partial charge in [0.15, 0.2) is 0 Å². The lowest BCUT2D eigenvalue weighted by Crippen LogP contribution is -2.44. The Labute approximate surface area is 104 Å². The van der Waals surface area contributed by atoms with Crippen LogP contribution >= 0.6 is 11.6 Å². The molecule has 1 aliphatic rings. The molecule has 6 heteroatoms. The third-order valence-corrected chi connectivity index (χ3v) is 3.13. The second-order valence-corrected chi connectivity index (χ2v) is 4.48. The molecular weight excluding hydrogens is 242 g/mol. The molecule has 5 nitrogen and oxygen atoms in total. The Hall–Kier alpha value is -1.20. The van der Waals surface area contributed by atoms with Crippen molar-refractivity contribution in [1.82, 2.24) is 14.9 Å². The van der Waals surface area contributed by atoms with Crippen LogP contribution in [0.25, 0.3) is 0 Å². The minimum absolute atomic E-state index is 0.200. The van der Waals surface area contributed by atoms with Crippen molar-refractivity contribution in [3.63, 3.8) is 0 Å². The van der Waals surface area contributed by atoms with E-state index in [2.05, 4.69) is 9.97 Å². The van der Waals surface area contributed by atoms with E-state index in [1.165, 1.54) is 0 Å². The average molecular weight is 256 g/mol. The van der Waals surface area contributed by atoms with Crippen molar-refractivity contribution in [2.24, 2.45) is 0 Å². The Morgan fingerprint density at radius 2 is 2.41 bits per heavy atom. The number of halogens is 1. The number of hydrogen-bond donors (Lipinski definition) is 1. The van der Waals surface area contributed by atoms with Crippen molar-refractivity contribution >= 4 is 17.6 Å². The van der Waals surface area contributed by atoms with Crippen LogP contribution in [0.4, 0.5) is 0 Å². The molecule has 1 aromatic heterocycles. The summed E-state index contributed by atoms with van der Waals surface area (Å²) in [5, 5.41) is 9.34. The summed E-state index contributed by atoms with van der Waals surface area (Å²) >= 11 is 5.70. The summed E-state index contributed by atoms with van der Waals surface area (Å²) < 4.78 is 0. The number of nitrogens with zero attached hydrogens (tertiary/aromatic N) is 3. The maximum absolute atomic E-state index is 11.1. The van der Waals surface area contributed by atoms with Gasteiger partial charge in [-0.1, -0.05) is 6.42 Å². The van der Waals surface area contributed by atoms with Gasteiger partial charge in [-0.05, 0) is 37.1 Å². The lowest BCUT2D eigenvalue weighted by molar-refractivity contribution is -0.144. The van der Waals surface area contributed by atoms with E-state index in [1.807, 2.05) is 4.90 Å². The summed E-state index contributed by atoms with van der Waals surface area (Å²) in [6.45, 7) is 1.30. The molecule has 2 heterocycles. The molecule has 17 heavy (non-hydrogen) atoms. The third-order valence-electron chi connectivity index (χ3n) is 2.95. The summed E-state index contributed by atoms with van der Waals surface area (Å²) in [6, 6.07) is 1.36. The fraction of sp³-hybridized carbons (Fsp3) is 0.545. The predicted octanol–water partition coefficient (Wildman–Crippen LogP) is 1.57. The molecule has 0 saturated carbocycles. The molecule has 1 saturated heterocycles. The largest absolute Gasteiger partial charge is 0.480 e. The number of aromatic nitrogens is 2. The van der Waals surface area contributed by atoms with Crippen molar-refractivity contribution in [1.29, 1.82) is 0 Å². The van der Waals surface area contributed by atoms with Crippen LogP contribution in [0.1, 0.15) is 25.0 Å². The summed E-state index contributed by atoms with van der Waals surface area (Å²) in [4.78, 5) is 20.9. The van der Waals surface area contributed by atoms with Crippen LogP contribution in [0, 0.1) is 0 Å². The van der Waals surface area contributed by atoms with Gasteiger partial charge in [-0.2, -0.15) is 0 Å². The van der Waals surface area contributed by atoms with Crippen LogP contribution in [0.15, 0.2) is 12.3 Å². The van der Waals surface area contributed by atoms with Crippen molar-refractivity contribution in [2.45, 2.75) is 31.8 Å². The molecule has 0 aromatic carbocycles. The monoisotopic (exact) mass is 255 g/mol. The minimum atomic E-state index is -0.759. The van der Waals surface area contributed by atoms with E-state index in [0.717, 1.165) is 25.1 Å². The van der Waals surface area contributed by atoms with Gasteiger partial charge in [-0.3, -0.25) is 9.69 Å². The molecule has 92 valence electrons. The first-order valence-electron chi connectivity index (χ1n) is 5.61. The number of piperidine rings is 1. The van der Waals surface area contributed by atoms with Gasteiger partial charge in [0, 0.05) is 12.7 Å². The van der Waals surface area contributed by atoms with Crippen LogP contribution in [-0.4, -0.2) is 38.5 Å². The first-order valence-corrected chi connectivity index (χ1v) is 5.99. The van der Waals surface area contributed by atoms with Gasteiger partial charge in [0.25, 0.3) is 0 Å². The van der Waals surface area contributed by atoms with Gasteiger partial charge in [0.05, 0.1) is 5.69 Å². The van der Waals surface area contributed by atoms with Crippen molar-refractivity contribution in [3.05, 3.63) is 23.2 Å². The Kier molecular flexibility index (Phi) is 3.91. The quantitative estimate of drug-likeness (QED) is 0.831. The lowest BCUT2D eigenvalue weighted by atomic mass is 10.0. The normalized spacial score (nSPS) is 21.4. The van der Waals surface area contributed by atoms with Gasteiger partial charge in [0.1, 0.15) is 6.04 Å². The lowest BCUT2D eigenvalue weighted by Gasteiger charge is -2.32. The van der Waals surface area contributed by atoms with E-state index in [0.29, 0.717) is 13.0 Å². The van der Waals surface area contributed by atoms with Crippen molar-refractivity contribution in [2.75, 3.05) is 6.54 Å². The highest BCUT2D eigenvalue weighted by Gasteiger charge is 2.28. The number of hydrogen-bond acceptors (Lipinski definition) is 4. The van der Waals surface area contributed by atoms with Crippen LogP contribution in [0.3, 0.4) is 0 Å². The molecule has 1 unspecified atom stereocenters. The second kappa shape index (κ2) is 5.42. The fourth-order valence-electron chi connectivity index (χ4n) is 2.13. The zero-order valence-corrected chi connectivity index (χ0v) is 10.1. The summed E-state index contributed by atoms with van der Waals surface area (Å²) in [5.41, 5.74) is 0.762. The van der Waals surface area contributed by atoms with Crippen molar-refractivity contribution in [3.8, 4) is 0 Å². The zero-order valence-electron chi connectivity index (χ0n) is 9.34. The highest BCUT2D eigenvalue weighted by atomic mass is 35.5. The van der Waals surface area contributed by atoms with Gasteiger partial charge in [0.2, 0.25) is 5.28 Å². The van der Waals surface area contributed by atoms with E-state index >= 15 is 0 Å². The molecule has 1 N–H and O–H groups in total. The minimum Gasteiger partial charge on any atom is -0.480 e. The standard InChI is InChI=1S/C11H14ClN3O2/c12-11-13-5-4-8(14-11)7-15-6-2-1-3-9(15)10(16)17/h4-5,9H,1-3,6-7H2,(H,16,17). The molecule has 0 spiro atoms. The van der Waals surface area contributed by atoms with E-state index in [1.54, 1.807) is 12.3 Å². The highest BCUT2D eigenvalue weighted by molar-refractivity contribution is 6.28. The van der Waals surface area contributed by atoms with E-state index in [-0.39, 0.29) is 5.28 Å². The number of likely N-dealkylation sites (tertiary alicyclic amines) is 1. The van der Waals surface area contributed by atoms with Gasteiger partial charge in [-0.15, -0.1) is 0 Å². The Bertz CT molecular complexity index is 413. The van der Waals surface area contributed by atoms with Gasteiger partial charge >= 0.3 is 5.97 Å². The number of carboxylic acids is 1. The van der Waals surface area contributed by atoms with Crippen LogP contribution in [-0.2, 0) is 11.3 Å². The highest BCUT2D eigenvalue weighted by Crippen LogP contribution is 2.19. The Morgan fingerprint density at radius 3 is 3.12 bits per heavy atom. The van der Waals surface area contributed by atoms with Crippen molar-refractivity contribution < 1.29 is 9.90 Å². The number of carbonyl (C=O) groups is 1. The molecule has 1 aromatic rings. The smallest absolute Gasteiger partial charge is 0.320 e. The number of aliphatic carboxylic acids is 1.